The molecular formula is C9H15N3O2. The molecule has 1 rings (SSSR count). The van der Waals surface area contributed by atoms with Gasteiger partial charge in [-0.2, -0.15) is 5.10 Å². The molecule has 5 heteroatoms. The quantitative estimate of drug-likeness (QED) is 0.777. The molecule has 1 aromatic rings. The first kappa shape index (κ1) is 10.7. The summed E-state index contributed by atoms with van der Waals surface area (Å²) in [6.07, 6.45) is 2.43. The zero-order valence-corrected chi connectivity index (χ0v) is 8.69. The summed E-state index contributed by atoms with van der Waals surface area (Å²) in [5, 5.41) is 13.0. The lowest BCUT2D eigenvalue weighted by Crippen LogP contribution is -2.30. The van der Waals surface area contributed by atoms with Crippen LogP contribution in [0.25, 0.3) is 0 Å². The Hall–Kier alpha value is -1.39. The molecule has 0 spiro atoms. The molecule has 1 aromatic heterocycles. The van der Waals surface area contributed by atoms with Crippen molar-refractivity contribution in [1.29, 1.82) is 0 Å². The van der Waals surface area contributed by atoms with Gasteiger partial charge in [-0.3, -0.25) is 9.48 Å². The van der Waals surface area contributed by atoms with Crippen LogP contribution in [0, 0.1) is 5.41 Å². The SMILES string of the molecule is CCC(C)(Cc1ncnn1C)C(=O)O. The minimum atomic E-state index is -0.789. The number of carbonyl (C=O) groups is 1. The number of hydrogen-bond acceptors (Lipinski definition) is 3. The molecule has 1 unspecified atom stereocenters. The maximum atomic E-state index is 11.0. The van der Waals surface area contributed by atoms with Gasteiger partial charge in [0.05, 0.1) is 5.41 Å². The van der Waals surface area contributed by atoms with E-state index in [1.165, 1.54) is 6.33 Å². The van der Waals surface area contributed by atoms with E-state index in [2.05, 4.69) is 10.1 Å². The van der Waals surface area contributed by atoms with Gasteiger partial charge in [-0.05, 0) is 13.3 Å². The zero-order chi connectivity index (χ0) is 10.8. The normalized spacial score (nSPS) is 15.1. The van der Waals surface area contributed by atoms with Crippen LogP contribution in [0.15, 0.2) is 6.33 Å². The van der Waals surface area contributed by atoms with Crippen molar-refractivity contribution in [3.8, 4) is 0 Å². The smallest absolute Gasteiger partial charge is 0.309 e. The predicted octanol–water partition coefficient (Wildman–Crippen LogP) is 0.858. The standard InChI is InChI=1S/C9H15N3O2/c1-4-9(2,8(13)14)5-7-10-6-11-12(7)3/h6H,4-5H2,1-3H3,(H,13,14). The Kier molecular flexibility index (Phi) is 2.88. The van der Waals surface area contributed by atoms with Gasteiger partial charge < -0.3 is 5.11 Å². The number of aryl methyl sites for hydroxylation is 1. The number of aliphatic carboxylic acids is 1. The third-order valence-electron chi connectivity index (χ3n) is 2.65. The number of carboxylic acids is 1. The minimum Gasteiger partial charge on any atom is -0.481 e. The van der Waals surface area contributed by atoms with Crippen LogP contribution in [0.5, 0.6) is 0 Å². The third-order valence-corrected chi connectivity index (χ3v) is 2.65. The molecule has 0 bridgehead atoms. The maximum Gasteiger partial charge on any atom is 0.309 e. The van der Waals surface area contributed by atoms with E-state index in [4.69, 9.17) is 5.11 Å². The van der Waals surface area contributed by atoms with E-state index >= 15 is 0 Å². The fourth-order valence-corrected chi connectivity index (χ4v) is 1.18. The van der Waals surface area contributed by atoms with Crippen LogP contribution >= 0.6 is 0 Å². The Morgan fingerprint density at radius 2 is 2.36 bits per heavy atom. The van der Waals surface area contributed by atoms with Gasteiger partial charge in [0, 0.05) is 13.5 Å². The van der Waals surface area contributed by atoms with Crippen molar-refractivity contribution < 1.29 is 9.90 Å². The van der Waals surface area contributed by atoms with Crippen molar-refractivity contribution in [2.45, 2.75) is 26.7 Å². The summed E-state index contributed by atoms with van der Waals surface area (Å²) in [5.74, 6) is -0.0836. The van der Waals surface area contributed by atoms with E-state index in [0.717, 1.165) is 0 Å². The molecule has 0 fully saturated rings. The number of nitrogens with zero attached hydrogens (tertiary/aromatic N) is 3. The van der Waals surface area contributed by atoms with Crippen LogP contribution in [0.3, 0.4) is 0 Å². The van der Waals surface area contributed by atoms with Crippen LogP contribution in [-0.4, -0.2) is 25.8 Å². The van der Waals surface area contributed by atoms with Gasteiger partial charge >= 0.3 is 5.97 Å². The van der Waals surface area contributed by atoms with Gasteiger partial charge in [0.1, 0.15) is 12.2 Å². The molecule has 0 saturated heterocycles. The molecule has 0 radical (unpaired) electrons. The topological polar surface area (TPSA) is 68.0 Å². The first-order chi connectivity index (χ1) is 6.49. The van der Waals surface area contributed by atoms with Gasteiger partial charge in [0.2, 0.25) is 0 Å². The van der Waals surface area contributed by atoms with Crippen molar-refractivity contribution in [1.82, 2.24) is 14.8 Å². The van der Waals surface area contributed by atoms with Gasteiger partial charge in [0.15, 0.2) is 0 Å². The molecular weight excluding hydrogens is 182 g/mol. The highest BCUT2D eigenvalue weighted by Gasteiger charge is 2.32. The lowest BCUT2D eigenvalue weighted by molar-refractivity contribution is -0.148. The van der Waals surface area contributed by atoms with E-state index < -0.39 is 11.4 Å². The van der Waals surface area contributed by atoms with E-state index in [9.17, 15) is 4.79 Å². The first-order valence-corrected chi connectivity index (χ1v) is 4.56. The van der Waals surface area contributed by atoms with Crippen molar-refractivity contribution in [2.24, 2.45) is 12.5 Å². The maximum absolute atomic E-state index is 11.0. The second-order valence-electron chi connectivity index (χ2n) is 3.70. The highest BCUT2D eigenvalue weighted by Crippen LogP contribution is 2.25. The summed E-state index contributed by atoms with van der Waals surface area (Å²) in [6, 6.07) is 0. The van der Waals surface area contributed by atoms with Gasteiger partial charge in [-0.15, -0.1) is 0 Å². The Morgan fingerprint density at radius 1 is 1.71 bits per heavy atom. The van der Waals surface area contributed by atoms with E-state index in [-0.39, 0.29) is 0 Å². The molecule has 1 atom stereocenters. The van der Waals surface area contributed by atoms with E-state index in [0.29, 0.717) is 18.7 Å². The summed E-state index contributed by atoms with van der Waals surface area (Å²) in [6.45, 7) is 3.59. The molecule has 78 valence electrons. The Bertz CT molecular complexity index is 335. The molecule has 14 heavy (non-hydrogen) atoms. The van der Waals surface area contributed by atoms with Crippen LogP contribution in [-0.2, 0) is 18.3 Å². The molecule has 0 aromatic carbocycles. The van der Waals surface area contributed by atoms with Gasteiger partial charge in [-0.1, -0.05) is 6.92 Å². The highest BCUT2D eigenvalue weighted by atomic mass is 16.4. The Balaban J connectivity index is 2.86. The third kappa shape index (κ3) is 1.92. The van der Waals surface area contributed by atoms with Gasteiger partial charge in [0.25, 0.3) is 0 Å². The van der Waals surface area contributed by atoms with Crippen LogP contribution in [0.2, 0.25) is 0 Å². The average molecular weight is 197 g/mol. The molecule has 0 aliphatic heterocycles. The summed E-state index contributed by atoms with van der Waals surface area (Å²) >= 11 is 0. The van der Waals surface area contributed by atoms with Crippen LogP contribution in [0.1, 0.15) is 26.1 Å². The second-order valence-corrected chi connectivity index (χ2v) is 3.70. The summed E-state index contributed by atoms with van der Waals surface area (Å²) in [5.41, 5.74) is -0.749. The zero-order valence-electron chi connectivity index (χ0n) is 8.69. The fraction of sp³-hybridized carbons (Fsp3) is 0.667. The van der Waals surface area contributed by atoms with Crippen molar-refractivity contribution in [2.75, 3.05) is 0 Å². The first-order valence-electron chi connectivity index (χ1n) is 4.56. The van der Waals surface area contributed by atoms with Crippen LogP contribution < -0.4 is 0 Å². The molecule has 0 aliphatic carbocycles. The monoisotopic (exact) mass is 197 g/mol. The molecule has 0 amide bonds. The lowest BCUT2D eigenvalue weighted by Gasteiger charge is -2.21. The van der Waals surface area contributed by atoms with Gasteiger partial charge in [-0.25, -0.2) is 4.98 Å². The largest absolute Gasteiger partial charge is 0.481 e. The summed E-state index contributed by atoms with van der Waals surface area (Å²) < 4.78 is 1.61. The summed E-state index contributed by atoms with van der Waals surface area (Å²) in [7, 11) is 1.76. The number of aromatic nitrogens is 3. The fourth-order valence-electron chi connectivity index (χ4n) is 1.18. The molecule has 5 nitrogen and oxygen atoms in total. The number of rotatable bonds is 4. The highest BCUT2D eigenvalue weighted by molar-refractivity contribution is 5.74. The summed E-state index contributed by atoms with van der Waals surface area (Å²) in [4.78, 5) is 15.1. The molecule has 1 heterocycles. The second kappa shape index (κ2) is 3.77. The molecule has 0 saturated carbocycles. The van der Waals surface area contributed by atoms with E-state index in [1.54, 1.807) is 18.7 Å². The number of hydrogen-bond donors (Lipinski definition) is 1. The Labute approximate surface area is 82.8 Å². The van der Waals surface area contributed by atoms with Crippen molar-refractivity contribution in [3.05, 3.63) is 12.2 Å². The minimum absolute atomic E-state index is 0.412. The van der Waals surface area contributed by atoms with Crippen molar-refractivity contribution in [3.63, 3.8) is 0 Å². The Morgan fingerprint density at radius 3 is 2.71 bits per heavy atom. The van der Waals surface area contributed by atoms with E-state index in [1.807, 2.05) is 6.92 Å². The predicted molar refractivity (Wildman–Crippen MR) is 50.7 cm³/mol. The number of carboxylic acid groups (broad SMARTS) is 1. The molecule has 1 N–H and O–H groups in total. The van der Waals surface area contributed by atoms with Crippen molar-refractivity contribution >= 4 is 5.97 Å². The average Bonchev–Trinajstić information content (AvgIpc) is 2.51. The molecule has 0 aliphatic rings. The van der Waals surface area contributed by atoms with Crippen LogP contribution in [0.4, 0.5) is 0 Å². The lowest BCUT2D eigenvalue weighted by atomic mass is 9.84.